The Bertz CT molecular complexity index is 1660. The van der Waals surface area contributed by atoms with Gasteiger partial charge in [-0.1, -0.05) is 12.6 Å². The molecule has 8 heteroatoms. The number of nitriles is 1. The number of hydrogen-bond donors (Lipinski definition) is 0. The first-order chi connectivity index (χ1) is 18.8. The van der Waals surface area contributed by atoms with Crippen LogP contribution in [0.1, 0.15) is 34.9 Å². The van der Waals surface area contributed by atoms with Crippen LogP contribution in [0.4, 0.5) is 13.2 Å². The molecule has 4 rings (SSSR count). The number of rotatable bonds is 9. The topological polar surface area (TPSA) is 59.5 Å². The van der Waals surface area contributed by atoms with E-state index in [1.807, 2.05) is 41.9 Å². The number of aryl methyl sites for hydroxylation is 1. The summed E-state index contributed by atoms with van der Waals surface area (Å²) in [4.78, 5) is 4.28. The molecule has 1 heterocycles. The normalized spacial score (nSPS) is 11.9. The third kappa shape index (κ3) is 5.88. The van der Waals surface area contributed by atoms with E-state index >= 15 is 8.78 Å². The van der Waals surface area contributed by atoms with Gasteiger partial charge < -0.3 is 14.0 Å². The second-order valence-electron chi connectivity index (χ2n) is 8.75. The zero-order chi connectivity index (χ0) is 28.1. The van der Waals surface area contributed by atoms with Gasteiger partial charge in [-0.15, -0.1) is 0 Å². The van der Waals surface area contributed by atoms with E-state index in [0.717, 1.165) is 34.8 Å². The largest absolute Gasteiger partial charge is 0.497 e. The molecule has 0 saturated heterocycles. The van der Waals surface area contributed by atoms with Crippen molar-refractivity contribution >= 4 is 16.6 Å². The highest BCUT2D eigenvalue weighted by molar-refractivity contribution is 6.09. The first kappa shape index (κ1) is 27.3. The molecule has 0 aliphatic rings. The van der Waals surface area contributed by atoms with Gasteiger partial charge in [-0.2, -0.15) is 5.26 Å². The van der Waals surface area contributed by atoms with Gasteiger partial charge >= 0.3 is 0 Å². The molecule has 39 heavy (non-hydrogen) atoms. The molecule has 0 radical (unpaired) electrons. The Labute approximate surface area is 224 Å². The lowest BCUT2D eigenvalue weighted by atomic mass is 10.0. The molecule has 4 aromatic rings. The lowest BCUT2D eigenvalue weighted by molar-refractivity contribution is 0.193. The molecule has 3 aromatic carbocycles. The zero-order valence-corrected chi connectivity index (χ0v) is 21.8. The average molecular weight is 530 g/mol. The Kier molecular flexibility index (Phi) is 8.21. The third-order valence-electron chi connectivity index (χ3n) is 6.36. The summed E-state index contributed by atoms with van der Waals surface area (Å²) in [5.41, 5.74) is 2.30. The van der Waals surface area contributed by atoms with Gasteiger partial charge in [0.25, 0.3) is 0 Å². The number of fused-ring (bicyclic) bond motifs is 1. The molecule has 0 bridgehead atoms. The summed E-state index contributed by atoms with van der Waals surface area (Å²) in [5.74, 6) is -1.07. The van der Waals surface area contributed by atoms with Gasteiger partial charge in [-0.3, -0.25) is 0 Å². The predicted octanol–water partition coefficient (Wildman–Crippen LogP) is 7.12. The summed E-state index contributed by atoms with van der Waals surface area (Å²) < 4.78 is 57.5. The Balaban J connectivity index is 1.57. The molecule has 0 aliphatic heterocycles. The van der Waals surface area contributed by atoms with Crippen LogP contribution in [0.3, 0.4) is 0 Å². The molecule has 0 aliphatic carbocycles. The van der Waals surface area contributed by atoms with Gasteiger partial charge in [0.1, 0.15) is 29.8 Å². The van der Waals surface area contributed by atoms with E-state index in [1.165, 1.54) is 24.3 Å². The Morgan fingerprint density at radius 2 is 1.79 bits per heavy atom. The van der Waals surface area contributed by atoms with Crippen LogP contribution in [-0.2, 0) is 24.8 Å². The van der Waals surface area contributed by atoms with Crippen LogP contribution >= 0.6 is 0 Å². The maximum absolute atomic E-state index is 15.2. The molecule has 198 valence electrons. The van der Waals surface area contributed by atoms with Crippen molar-refractivity contribution in [1.29, 1.82) is 5.26 Å². The van der Waals surface area contributed by atoms with Gasteiger partial charge in [0.05, 0.1) is 30.0 Å². The fourth-order valence-corrected chi connectivity index (χ4v) is 4.18. The van der Waals surface area contributed by atoms with Crippen LogP contribution in [0.2, 0.25) is 0 Å². The average Bonchev–Trinajstić information content (AvgIpc) is 3.25. The number of aromatic nitrogens is 1. The van der Waals surface area contributed by atoms with Crippen LogP contribution in [-0.4, -0.2) is 17.4 Å². The highest BCUT2D eigenvalue weighted by atomic mass is 19.1. The fraction of sp³-hybridized carbons (Fsp3) is 0.161. The standard InChI is InChI=1S/C31H26F3N3O2/c1-5-29(36-31(6-2)39-18-21-8-7-19(17-35)11-26(21)32)25-16-27(33)22(14-28(25)34)13-23-12-20-9-10-24(38-4)15-30(20)37(23)3/h5-12,14-16H,1,13,18H2,2-4H3/b31-6+,36-29+. The highest BCUT2D eigenvalue weighted by Gasteiger charge is 2.16. The van der Waals surface area contributed by atoms with Crippen molar-refractivity contribution in [1.82, 2.24) is 4.57 Å². The molecular formula is C31H26F3N3O2. The second kappa shape index (κ2) is 11.7. The quantitative estimate of drug-likeness (QED) is 0.171. The van der Waals surface area contributed by atoms with E-state index in [9.17, 15) is 4.39 Å². The summed E-state index contributed by atoms with van der Waals surface area (Å²) in [6, 6.07) is 15.7. The van der Waals surface area contributed by atoms with Gasteiger partial charge in [-0.05, 0) is 67.1 Å². The monoisotopic (exact) mass is 529 g/mol. The van der Waals surface area contributed by atoms with Crippen molar-refractivity contribution in [3.63, 3.8) is 0 Å². The summed E-state index contributed by atoms with van der Waals surface area (Å²) in [6.07, 6.45) is 2.99. The predicted molar refractivity (Wildman–Crippen MR) is 145 cm³/mol. The van der Waals surface area contributed by atoms with E-state index < -0.39 is 17.5 Å². The van der Waals surface area contributed by atoms with Gasteiger partial charge in [-0.25, -0.2) is 18.2 Å². The Morgan fingerprint density at radius 3 is 2.46 bits per heavy atom. The molecule has 0 saturated carbocycles. The van der Waals surface area contributed by atoms with Crippen LogP contribution in [0.5, 0.6) is 5.75 Å². The molecule has 0 atom stereocenters. The van der Waals surface area contributed by atoms with Crippen molar-refractivity contribution in [3.8, 4) is 11.8 Å². The summed E-state index contributed by atoms with van der Waals surface area (Å²) >= 11 is 0. The molecule has 0 N–H and O–H groups in total. The molecule has 0 unspecified atom stereocenters. The van der Waals surface area contributed by atoms with Crippen LogP contribution in [0.25, 0.3) is 10.9 Å². The molecule has 0 spiro atoms. The molecular weight excluding hydrogens is 503 g/mol. The lowest BCUT2D eigenvalue weighted by Gasteiger charge is -2.11. The number of aliphatic imine (C=N–C) groups is 1. The van der Waals surface area contributed by atoms with E-state index in [2.05, 4.69) is 11.6 Å². The molecule has 0 fully saturated rings. The summed E-state index contributed by atoms with van der Waals surface area (Å²) in [6.45, 7) is 5.16. The number of allylic oxidation sites excluding steroid dienone is 2. The van der Waals surface area contributed by atoms with Crippen LogP contribution < -0.4 is 4.74 Å². The molecule has 0 amide bonds. The van der Waals surface area contributed by atoms with E-state index in [0.29, 0.717) is 5.75 Å². The van der Waals surface area contributed by atoms with Crippen molar-refractivity contribution < 1.29 is 22.6 Å². The number of hydrogen-bond acceptors (Lipinski definition) is 4. The first-order valence-corrected chi connectivity index (χ1v) is 12.1. The van der Waals surface area contributed by atoms with Crippen molar-refractivity contribution in [3.05, 3.63) is 125 Å². The first-order valence-electron chi connectivity index (χ1n) is 12.1. The number of nitrogens with zero attached hydrogens (tertiary/aromatic N) is 3. The SMILES string of the molecule is C=C/C(=N\C(=C/C)OCc1ccc(C#N)cc1F)c1cc(F)c(Cc2cc3ccc(OC)cc3n2C)cc1F. The van der Waals surface area contributed by atoms with E-state index in [1.54, 1.807) is 14.0 Å². The van der Waals surface area contributed by atoms with Gasteiger partial charge in [0, 0.05) is 41.7 Å². The zero-order valence-electron chi connectivity index (χ0n) is 21.8. The molecule has 5 nitrogen and oxygen atoms in total. The van der Waals surface area contributed by atoms with Gasteiger partial charge in [0.2, 0.25) is 5.88 Å². The van der Waals surface area contributed by atoms with Crippen molar-refractivity contribution in [2.24, 2.45) is 12.0 Å². The number of halogens is 3. The maximum atomic E-state index is 15.2. The Morgan fingerprint density at radius 1 is 1.03 bits per heavy atom. The fourth-order valence-electron chi connectivity index (χ4n) is 4.18. The van der Waals surface area contributed by atoms with Crippen LogP contribution in [0, 0.1) is 28.8 Å². The minimum absolute atomic E-state index is 0.0584. The Hall–Kier alpha value is -4.77. The molecule has 1 aromatic heterocycles. The van der Waals surface area contributed by atoms with E-state index in [4.69, 9.17) is 14.7 Å². The number of methoxy groups -OCH3 is 1. The van der Waals surface area contributed by atoms with Crippen molar-refractivity contribution in [2.45, 2.75) is 20.0 Å². The second-order valence-corrected chi connectivity index (χ2v) is 8.75. The van der Waals surface area contributed by atoms with Crippen LogP contribution in [0.15, 0.2) is 84.2 Å². The maximum Gasteiger partial charge on any atom is 0.209 e. The number of ether oxygens (including phenoxy) is 2. The summed E-state index contributed by atoms with van der Waals surface area (Å²) in [5, 5.41) is 9.85. The minimum Gasteiger partial charge on any atom is -0.497 e. The minimum atomic E-state index is -0.668. The van der Waals surface area contributed by atoms with Gasteiger partial charge in [0.15, 0.2) is 0 Å². The third-order valence-corrected chi connectivity index (χ3v) is 6.36. The smallest absolute Gasteiger partial charge is 0.209 e. The van der Waals surface area contributed by atoms with Crippen molar-refractivity contribution in [2.75, 3.05) is 7.11 Å². The summed E-state index contributed by atoms with van der Waals surface area (Å²) in [7, 11) is 3.46. The highest BCUT2D eigenvalue weighted by Crippen LogP contribution is 2.27. The lowest BCUT2D eigenvalue weighted by Crippen LogP contribution is -2.07. The van der Waals surface area contributed by atoms with E-state index in [-0.39, 0.29) is 46.9 Å². The number of benzene rings is 3.